The third-order valence-electron chi connectivity index (χ3n) is 5.90. The van der Waals surface area contributed by atoms with Crippen molar-refractivity contribution in [3.63, 3.8) is 0 Å². The smallest absolute Gasteiger partial charge is 0.293 e. The van der Waals surface area contributed by atoms with Gasteiger partial charge in [0.05, 0.1) is 23.0 Å². The van der Waals surface area contributed by atoms with Gasteiger partial charge in [-0.25, -0.2) is 0 Å². The summed E-state index contributed by atoms with van der Waals surface area (Å²) in [6, 6.07) is 17.3. The van der Waals surface area contributed by atoms with Gasteiger partial charge >= 0.3 is 0 Å². The van der Waals surface area contributed by atoms with Crippen molar-refractivity contribution in [2.24, 2.45) is 0 Å². The predicted molar refractivity (Wildman–Crippen MR) is 149 cm³/mol. The Hall–Kier alpha value is -4.31. The van der Waals surface area contributed by atoms with Crippen LogP contribution in [0.4, 0.5) is 10.5 Å². The Kier molecular flexibility index (Phi) is 8.88. The van der Waals surface area contributed by atoms with Crippen LogP contribution < -0.4 is 14.2 Å². The van der Waals surface area contributed by atoms with Crippen molar-refractivity contribution in [3.8, 4) is 17.2 Å². The van der Waals surface area contributed by atoms with Crippen LogP contribution in [-0.2, 0) is 11.4 Å². The maximum absolute atomic E-state index is 12.9. The topological polar surface area (TPSA) is 108 Å². The van der Waals surface area contributed by atoms with Gasteiger partial charge in [-0.05, 0) is 91.2 Å². The summed E-state index contributed by atoms with van der Waals surface area (Å²) in [6.45, 7) is 6.70. The van der Waals surface area contributed by atoms with Gasteiger partial charge in [0.1, 0.15) is 19.0 Å². The van der Waals surface area contributed by atoms with E-state index in [4.69, 9.17) is 14.2 Å². The molecule has 10 heteroatoms. The van der Waals surface area contributed by atoms with Gasteiger partial charge in [-0.3, -0.25) is 24.6 Å². The number of ether oxygens (including phenoxy) is 3. The van der Waals surface area contributed by atoms with Gasteiger partial charge in [-0.2, -0.15) is 0 Å². The second-order valence-corrected chi connectivity index (χ2v) is 9.80. The summed E-state index contributed by atoms with van der Waals surface area (Å²) in [6.07, 6.45) is 1.65. The Morgan fingerprint density at radius 2 is 1.69 bits per heavy atom. The SMILES string of the molecule is CCOc1cc(/C=C2\SC(=O)N(CCOc3cc(C)ccc3C)C2=O)ccc1OCc1ccc([N+](=O)[O-])cc1. The molecule has 2 amide bonds. The standard InChI is InChI=1S/C29H28N2O7S/c1-4-36-26-16-22(9-12-24(26)38-18-21-7-10-23(11-8-21)31(34)35)17-27-28(32)30(29(33)39-27)13-14-37-25-15-19(2)5-6-20(25)3/h5-12,15-17H,4,13-14,18H2,1-3H3/b27-17-. The van der Waals surface area contributed by atoms with E-state index in [1.807, 2.05) is 39.0 Å². The second-order valence-electron chi connectivity index (χ2n) is 8.80. The van der Waals surface area contributed by atoms with E-state index >= 15 is 0 Å². The first-order valence-corrected chi connectivity index (χ1v) is 13.1. The molecule has 1 fully saturated rings. The van der Waals surface area contributed by atoms with Crippen molar-refractivity contribution in [1.29, 1.82) is 0 Å². The van der Waals surface area contributed by atoms with Crippen LogP contribution in [0.2, 0.25) is 0 Å². The van der Waals surface area contributed by atoms with E-state index in [2.05, 4.69) is 0 Å². The minimum absolute atomic E-state index is 0.0106. The maximum atomic E-state index is 12.9. The molecule has 4 rings (SSSR count). The molecule has 0 aromatic heterocycles. The molecule has 0 atom stereocenters. The number of nitro groups is 1. The number of aryl methyl sites for hydroxylation is 2. The molecule has 1 aliphatic heterocycles. The fraction of sp³-hybridized carbons (Fsp3) is 0.241. The van der Waals surface area contributed by atoms with Gasteiger partial charge in [0.2, 0.25) is 0 Å². The number of nitrogens with zero attached hydrogens (tertiary/aromatic N) is 2. The van der Waals surface area contributed by atoms with E-state index in [1.54, 1.807) is 36.4 Å². The normalized spacial score (nSPS) is 14.1. The lowest BCUT2D eigenvalue weighted by atomic mass is 10.1. The maximum Gasteiger partial charge on any atom is 0.293 e. The molecule has 3 aromatic rings. The van der Waals surface area contributed by atoms with Crippen molar-refractivity contribution >= 4 is 34.7 Å². The van der Waals surface area contributed by atoms with Crippen LogP contribution in [0.15, 0.2) is 65.6 Å². The number of hydrogen-bond donors (Lipinski definition) is 0. The summed E-state index contributed by atoms with van der Waals surface area (Å²) < 4.78 is 17.4. The zero-order chi connectivity index (χ0) is 27.9. The molecule has 39 heavy (non-hydrogen) atoms. The lowest BCUT2D eigenvalue weighted by molar-refractivity contribution is -0.384. The first-order chi connectivity index (χ1) is 18.7. The van der Waals surface area contributed by atoms with E-state index in [-0.39, 0.29) is 36.6 Å². The summed E-state index contributed by atoms with van der Waals surface area (Å²) >= 11 is 0.886. The van der Waals surface area contributed by atoms with E-state index in [1.165, 1.54) is 17.0 Å². The van der Waals surface area contributed by atoms with Crippen molar-refractivity contribution in [2.75, 3.05) is 19.8 Å². The van der Waals surface area contributed by atoms with Crippen LogP contribution in [0.25, 0.3) is 6.08 Å². The van der Waals surface area contributed by atoms with Gasteiger partial charge in [-0.1, -0.05) is 18.2 Å². The van der Waals surface area contributed by atoms with Gasteiger partial charge in [0.15, 0.2) is 11.5 Å². The lowest BCUT2D eigenvalue weighted by Gasteiger charge is -2.15. The summed E-state index contributed by atoms with van der Waals surface area (Å²) in [4.78, 5) is 37.4. The first-order valence-electron chi connectivity index (χ1n) is 12.3. The predicted octanol–water partition coefficient (Wildman–Crippen LogP) is 6.30. The number of non-ortho nitro benzene ring substituents is 1. The Morgan fingerprint density at radius 3 is 2.41 bits per heavy atom. The largest absolute Gasteiger partial charge is 0.491 e. The van der Waals surface area contributed by atoms with Gasteiger partial charge in [0.25, 0.3) is 16.8 Å². The number of carbonyl (C=O) groups is 2. The molecule has 1 saturated heterocycles. The average molecular weight is 549 g/mol. The quantitative estimate of drug-likeness (QED) is 0.156. The summed E-state index contributed by atoms with van der Waals surface area (Å²) in [5, 5.41) is 10.5. The fourth-order valence-electron chi connectivity index (χ4n) is 3.83. The second kappa shape index (κ2) is 12.5. The number of amides is 2. The number of rotatable bonds is 11. The number of imide groups is 1. The van der Waals surface area contributed by atoms with Crippen LogP contribution in [0.3, 0.4) is 0 Å². The minimum Gasteiger partial charge on any atom is -0.491 e. The molecule has 0 radical (unpaired) electrons. The Labute approximate surface area is 230 Å². The molecule has 0 spiro atoms. The van der Waals surface area contributed by atoms with Crippen molar-refractivity contribution in [3.05, 3.63) is 97.9 Å². The van der Waals surface area contributed by atoms with Crippen LogP contribution in [-0.4, -0.2) is 40.7 Å². The number of nitro benzene ring substituents is 1. The first kappa shape index (κ1) is 27.7. The van der Waals surface area contributed by atoms with Crippen LogP contribution in [0.5, 0.6) is 17.2 Å². The molecule has 0 bridgehead atoms. The summed E-state index contributed by atoms with van der Waals surface area (Å²) in [5.74, 6) is 1.33. The summed E-state index contributed by atoms with van der Waals surface area (Å²) in [5.41, 5.74) is 3.51. The molecule has 202 valence electrons. The fourth-order valence-corrected chi connectivity index (χ4v) is 4.70. The Balaban J connectivity index is 1.41. The molecular formula is C29H28N2O7S. The molecule has 0 unspecified atom stereocenters. The number of thioether (sulfide) groups is 1. The number of benzene rings is 3. The molecule has 1 heterocycles. The molecular weight excluding hydrogens is 520 g/mol. The van der Waals surface area contributed by atoms with Crippen LogP contribution in [0.1, 0.15) is 29.2 Å². The zero-order valence-corrected chi connectivity index (χ0v) is 22.7. The van der Waals surface area contributed by atoms with E-state index in [9.17, 15) is 19.7 Å². The van der Waals surface area contributed by atoms with Crippen LogP contribution in [0, 0.1) is 24.0 Å². The number of carbonyl (C=O) groups excluding carboxylic acids is 2. The Morgan fingerprint density at radius 1 is 0.923 bits per heavy atom. The van der Waals surface area contributed by atoms with Crippen molar-refractivity contribution in [2.45, 2.75) is 27.4 Å². The highest BCUT2D eigenvalue weighted by molar-refractivity contribution is 8.18. The van der Waals surface area contributed by atoms with Gasteiger partial charge in [0, 0.05) is 12.1 Å². The Bertz CT molecular complexity index is 1420. The highest BCUT2D eigenvalue weighted by Gasteiger charge is 2.34. The highest BCUT2D eigenvalue weighted by Crippen LogP contribution is 2.35. The van der Waals surface area contributed by atoms with E-state index in [0.29, 0.717) is 28.6 Å². The third-order valence-corrected chi connectivity index (χ3v) is 6.80. The monoisotopic (exact) mass is 548 g/mol. The van der Waals surface area contributed by atoms with E-state index in [0.717, 1.165) is 34.2 Å². The lowest BCUT2D eigenvalue weighted by Crippen LogP contribution is -2.32. The molecule has 0 aliphatic carbocycles. The minimum atomic E-state index is -0.453. The number of hydrogen-bond acceptors (Lipinski definition) is 8. The molecule has 9 nitrogen and oxygen atoms in total. The highest BCUT2D eigenvalue weighted by atomic mass is 32.2. The van der Waals surface area contributed by atoms with E-state index < -0.39 is 4.92 Å². The molecule has 1 aliphatic rings. The van der Waals surface area contributed by atoms with Gasteiger partial charge < -0.3 is 14.2 Å². The summed E-state index contributed by atoms with van der Waals surface area (Å²) in [7, 11) is 0. The van der Waals surface area contributed by atoms with Gasteiger partial charge in [-0.15, -0.1) is 0 Å². The zero-order valence-electron chi connectivity index (χ0n) is 21.8. The molecule has 3 aromatic carbocycles. The third kappa shape index (κ3) is 6.97. The van der Waals surface area contributed by atoms with Crippen molar-refractivity contribution < 1.29 is 28.7 Å². The molecule has 0 N–H and O–H groups in total. The van der Waals surface area contributed by atoms with Crippen molar-refractivity contribution in [1.82, 2.24) is 4.90 Å². The van der Waals surface area contributed by atoms with Crippen LogP contribution >= 0.6 is 11.8 Å². The average Bonchev–Trinajstić information content (AvgIpc) is 3.18. The molecule has 0 saturated carbocycles.